The molecule has 0 aromatic heterocycles. The van der Waals surface area contributed by atoms with Crippen molar-refractivity contribution in [3.63, 3.8) is 0 Å². The summed E-state index contributed by atoms with van der Waals surface area (Å²) in [4.78, 5) is 6.96. The van der Waals surface area contributed by atoms with Crippen molar-refractivity contribution in [1.82, 2.24) is 4.90 Å². The van der Waals surface area contributed by atoms with Gasteiger partial charge in [0.25, 0.3) is 0 Å². The average molecular weight is 246 g/mol. The minimum Gasteiger partial charge on any atom is -0.378 e. The Balaban J connectivity index is 3.90. The zero-order valence-corrected chi connectivity index (χ0v) is 11.9. The molecule has 104 valence electrons. The van der Waals surface area contributed by atoms with E-state index in [-0.39, 0.29) is 6.10 Å². The van der Waals surface area contributed by atoms with Crippen LogP contribution in [-0.4, -0.2) is 44.9 Å². The van der Waals surface area contributed by atoms with Crippen LogP contribution in [0.5, 0.6) is 0 Å². The highest BCUT2D eigenvalue weighted by Gasteiger charge is 2.14. The van der Waals surface area contributed by atoms with Crippen LogP contribution in [0.1, 0.15) is 39.5 Å². The van der Waals surface area contributed by atoms with Gasteiger partial charge < -0.3 is 14.5 Å². The van der Waals surface area contributed by atoms with Crippen LogP contribution in [0.2, 0.25) is 0 Å². The monoisotopic (exact) mass is 246 g/mol. The largest absolute Gasteiger partial charge is 0.378 e. The van der Waals surface area contributed by atoms with Crippen molar-refractivity contribution in [3.8, 4) is 0 Å². The number of nitrogens with two attached hydrogens (primary N) is 1. The molecule has 0 aromatic carbocycles. The zero-order valence-electron chi connectivity index (χ0n) is 11.9. The van der Waals surface area contributed by atoms with E-state index in [0.717, 1.165) is 19.0 Å². The second-order valence-corrected chi connectivity index (χ2v) is 4.83. The number of hydrogen-bond acceptors (Lipinski definition) is 4. The molecule has 2 unspecified atom stereocenters. The lowest BCUT2D eigenvalue weighted by atomic mass is 9.99. The van der Waals surface area contributed by atoms with Gasteiger partial charge in [0, 0.05) is 20.2 Å². The summed E-state index contributed by atoms with van der Waals surface area (Å²) < 4.78 is 5.31. The van der Waals surface area contributed by atoms with E-state index in [0.29, 0.717) is 6.61 Å². The van der Waals surface area contributed by atoms with Crippen molar-refractivity contribution >= 4 is 0 Å². The Bertz CT molecular complexity index is 167. The number of likely N-dealkylation sites (N-methyl/N-ethyl adjacent to an activating group) is 1. The Hall–Kier alpha value is -0.160. The first-order valence-corrected chi connectivity index (χ1v) is 6.70. The Labute approximate surface area is 106 Å². The summed E-state index contributed by atoms with van der Waals surface area (Å²) in [6.45, 7) is 6.96. The van der Waals surface area contributed by atoms with E-state index >= 15 is 0 Å². The number of nitrogens with zero attached hydrogens (tertiary/aromatic N) is 1. The van der Waals surface area contributed by atoms with E-state index in [9.17, 15) is 0 Å². The maximum atomic E-state index is 5.31. The van der Waals surface area contributed by atoms with Crippen LogP contribution in [0.25, 0.3) is 0 Å². The normalized spacial score (nSPS) is 15.2. The lowest BCUT2D eigenvalue weighted by molar-refractivity contribution is -0.00871. The molecule has 0 aliphatic rings. The number of hydrogen-bond donors (Lipinski definition) is 1. The quantitative estimate of drug-likeness (QED) is 0.567. The SMILES string of the molecule is CCCCC(CC)CN(C)CC(CON)OC. The van der Waals surface area contributed by atoms with Crippen LogP contribution in [0.15, 0.2) is 0 Å². The topological polar surface area (TPSA) is 47.7 Å². The summed E-state index contributed by atoms with van der Waals surface area (Å²) in [5.74, 6) is 5.86. The van der Waals surface area contributed by atoms with Gasteiger partial charge in [-0.15, -0.1) is 0 Å². The van der Waals surface area contributed by atoms with Gasteiger partial charge in [-0.3, -0.25) is 0 Å². The summed E-state index contributed by atoms with van der Waals surface area (Å²) in [5.41, 5.74) is 0. The lowest BCUT2D eigenvalue weighted by Gasteiger charge is -2.26. The molecule has 0 bridgehead atoms. The van der Waals surface area contributed by atoms with E-state index in [1.807, 2.05) is 0 Å². The molecule has 0 amide bonds. The van der Waals surface area contributed by atoms with Crippen molar-refractivity contribution < 1.29 is 9.57 Å². The van der Waals surface area contributed by atoms with Crippen molar-refractivity contribution in [2.75, 3.05) is 33.9 Å². The number of unbranched alkanes of at least 4 members (excludes halogenated alkanes) is 1. The van der Waals surface area contributed by atoms with Crippen molar-refractivity contribution in [1.29, 1.82) is 0 Å². The average Bonchev–Trinajstić information content (AvgIpc) is 2.33. The predicted molar refractivity (Wildman–Crippen MR) is 71.7 cm³/mol. The first-order chi connectivity index (χ1) is 8.17. The molecular formula is C13H30N2O2. The number of ether oxygens (including phenoxy) is 1. The summed E-state index contributed by atoms with van der Waals surface area (Å²) in [7, 11) is 3.84. The van der Waals surface area contributed by atoms with Gasteiger partial charge in [-0.2, -0.15) is 0 Å². The van der Waals surface area contributed by atoms with E-state index in [1.165, 1.54) is 25.7 Å². The van der Waals surface area contributed by atoms with Crippen LogP contribution in [0.4, 0.5) is 0 Å². The molecular weight excluding hydrogens is 216 g/mol. The molecule has 0 aromatic rings. The molecule has 0 fully saturated rings. The van der Waals surface area contributed by atoms with Crippen LogP contribution in [0, 0.1) is 5.92 Å². The molecule has 2 atom stereocenters. The smallest absolute Gasteiger partial charge is 0.0953 e. The van der Waals surface area contributed by atoms with E-state index in [1.54, 1.807) is 7.11 Å². The molecule has 0 saturated heterocycles. The summed E-state index contributed by atoms with van der Waals surface area (Å²) in [5, 5.41) is 0. The van der Waals surface area contributed by atoms with Gasteiger partial charge in [0.2, 0.25) is 0 Å². The molecule has 17 heavy (non-hydrogen) atoms. The lowest BCUT2D eigenvalue weighted by Crippen LogP contribution is -2.36. The first kappa shape index (κ1) is 16.8. The van der Waals surface area contributed by atoms with Gasteiger partial charge in [-0.1, -0.05) is 33.1 Å². The highest BCUT2D eigenvalue weighted by Crippen LogP contribution is 2.13. The van der Waals surface area contributed by atoms with E-state index in [2.05, 4.69) is 30.6 Å². The minimum atomic E-state index is 0.0636. The van der Waals surface area contributed by atoms with Crippen LogP contribution >= 0.6 is 0 Å². The molecule has 0 saturated carbocycles. The van der Waals surface area contributed by atoms with Crippen molar-refractivity contribution in [2.24, 2.45) is 11.8 Å². The molecule has 0 radical (unpaired) electrons. The molecule has 4 heteroatoms. The fraction of sp³-hybridized carbons (Fsp3) is 1.00. The second-order valence-electron chi connectivity index (χ2n) is 4.83. The fourth-order valence-electron chi connectivity index (χ4n) is 2.08. The van der Waals surface area contributed by atoms with Crippen LogP contribution in [-0.2, 0) is 9.57 Å². The minimum absolute atomic E-state index is 0.0636. The summed E-state index contributed by atoms with van der Waals surface area (Å²) >= 11 is 0. The standard InChI is InChI=1S/C13H30N2O2/c1-5-7-8-12(6-2)9-15(3)10-13(16-4)11-17-14/h12-13H,5-11,14H2,1-4H3. The molecule has 4 nitrogen and oxygen atoms in total. The third kappa shape index (κ3) is 8.55. The molecule has 2 N–H and O–H groups in total. The number of rotatable bonds is 11. The Morgan fingerprint density at radius 1 is 1.24 bits per heavy atom. The van der Waals surface area contributed by atoms with Gasteiger partial charge in [0.05, 0.1) is 12.7 Å². The van der Waals surface area contributed by atoms with Gasteiger partial charge in [0.1, 0.15) is 0 Å². The Kier molecular flexibility index (Phi) is 10.9. The van der Waals surface area contributed by atoms with Crippen molar-refractivity contribution in [2.45, 2.75) is 45.6 Å². The van der Waals surface area contributed by atoms with Gasteiger partial charge in [0.15, 0.2) is 0 Å². The second kappa shape index (κ2) is 11.0. The molecule has 0 spiro atoms. The van der Waals surface area contributed by atoms with Crippen molar-refractivity contribution in [3.05, 3.63) is 0 Å². The molecule has 0 heterocycles. The van der Waals surface area contributed by atoms with Gasteiger partial charge in [-0.05, 0) is 19.4 Å². The summed E-state index contributed by atoms with van der Waals surface area (Å²) in [6, 6.07) is 0. The third-order valence-corrected chi connectivity index (χ3v) is 3.24. The first-order valence-electron chi connectivity index (χ1n) is 6.70. The maximum Gasteiger partial charge on any atom is 0.0953 e. The van der Waals surface area contributed by atoms with Gasteiger partial charge >= 0.3 is 0 Å². The fourth-order valence-corrected chi connectivity index (χ4v) is 2.08. The Morgan fingerprint density at radius 3 is 2.41 bits per heavy atom. The summed E-state index contributed by atoms with van der Waals surface area (Å²) in [6.07, 6.45) is 5.24. The third-order valence-electron chi connectivity index (χ3n) is 3.24. The van der Waals surface area contributed by atoms with Crippen LogP contribution < -0.4 is 5.90 Å². The molecule has 0 rings (SSSR count). The number of methoxy groups -OCH3 is 1. The maximum absolute atomic E-state index is 5.31. The van der Waals surface area contributed by atoms with E-state index < -0.39 is 0 Å². The van der Waals surface area contributed by atoms with E-state index in [4.69, 9.17) is 10.6 Å². The molecule has 0 aliphatic carbocycles. The predicted octanol–water partition coefficient (Wildman–Crippen LogP) is 2.04. The van der Waals surface area contributed by atoms with Gasteiger partial charge in [-0.25, -0.2) is 5.90 Å². The highest BCUT2D eigenvalue weighted by atomic mass is 16.6. The zero-order chi connectivity index (χ0) is 13.1. The van der Waals surface area contributed by atoms with Crippen LogP contribution in [0.3, 0.4) is 0 Å². The molecule has 0 aliphatic heterocycles. The highest BCUT2D eigenvalue weighted by molar-refractivity contribution is 4.67. The Morgan fingerprint density at radius 2 is 1.94 bits per heavy atom.